The van der Waals surface area contributed by atoms with E-state index in [9.17, 15) is 0 Å². The minimum absolute atomic E-state index is 0.425. The van der Waals surface area contributed by atoms with Crippen molar-refractivity contribution < 1.29 is 5.11 Å². The summed E-state index contributed by atoms with van der Waals surface area (Å²) in [4.78, 5) is 17.0. The molecule has 5 rings (SSSR count). The first-order chi connectivity index (χ1) is 18.0. The average Bonchev–Trinajstić information content (AvgIpc) is 3.49. The van der Waals surface area contributed by atoms with Crippen molar-refractivity contribution in [3.63, 3.8) is 0 Å². The van der Waals surface area contributed by atoms with Crippen LogP contribution in [0.5, 0.6) is 0 Å². The molecule has 9 heteroatoms. The van der Waals surface area contributed by atoms with E-state index in [0.717, 1.165) is 81.6 Å². The number of hydrogen-bond acceptors (Lipinski definition) is 7. The van der Waals surface area contributed by atoms with Crippen LogP contribution in [0.1, 0.15) is 50.3 Å². The smallest absolute Gasteiger partial charge is 0.147 e. The Morgan fingerprint density at radius 2 is 1.81 bits per heavy atom. The molecule has 0 spiro atoms. The summed E-state index contributed by atoms with van der Waals surface area (Å²) < 4.78 is 0. The van der Waals surface area contributed by atoms with Crippen molar-refractivity contribution in [1.29, 1.82) is 0 Å². The van der Waals surface area contributed by atoms with E-state index in [1.54, 1.807) is 0 Å². The molecule has 2 fully saturated rings. The summed E-state index contributed by atoms with van der Waals surface area (Å²) in [6, 6.07) is 11.9. The van der Waals surface area contributed by atoms with Gasteiger partial charge in [-0.2, -0.15) is 0 Å². The Kier molecular flexibility index (Phi) is 10.1. The summed E-state index contributed by atoms with van der Waals surface area (Å²) in [5, 5.41) is 11.8. The summed E-state index contributed by atoms with van der Waals surface area (Å²) in [5.74, 6) is 1.80. The third-order valence-electron chi connectivity index (χ3n) is 7.94. The molecule has 0 aliphatic carbocycles. The van der Waals surface area contributed by atoms with Crippen molar-refractivity contribution in [2.24, 2.45) is 4.99 Å². The van der Waals surface area contributed by atoms with E-state index < -0.39 is 0 Å². The van der Waals surface area contributed by atoms with Gasteiger partial charge in [0, 0.05) is 81.3 Å². The lowest BCUT2D eigenvalue weighted by molar-refractivity contribution is 0.0515. The topological polar surface area (TPSA) is 67.2 Å². The summed E-state index contributed by atoms with van der Waals surface area (Å²) in [6.45, 7) is 11.6. The molecule has 37 heavy (non-hydrogen) atoms. The summed E-state index contributed by atoms with van der Waals surface area (Å²) in [6.07, 6.45) is 5.48. The van der Waals surface area contributed by atoms with Crippen LogP contribution in [0.2, 0.25) is 10.0 Å². The lowest BCUT2D eigenvalue weighted by Crippen LogP contribution is -2.58. The predicted molar refractivity (Wildman–Crippen MR) is 154 cm³/mol. The number of likely N-dealkylation sites (tertiary alicyclic amines) is 1. The molecule has 4 heterocycles. The van der Waals surface area contributed by atoms with Gasteiger partial charge >= 0.3 is 0 Å². The van der Waals surface area contributed by atoms with Gasteiger partial charge in [-0.1, -0.05) is 42.3 Å². The zero-order chi connectivity index (χ0) is 26.4. The number of aliphatic imine (C=N–C) groups is 1. The molecule has 0 radical (unpaired) electrons. The van der Waals surface area contributed by atoms with E-state index in [2.05, 4.69) is 51.0 Å². The molecule has 2 atom stereocenters. The number of piperazine rings is 1. The second-order valence-electron chi connectivity index (χ2n) is 9.93. The van der Waals surface area contributed by atoms with Crippen molar-refractivity contribution in [1.82, 2.24) is 20.1 Å². The van der Waals surface area contributed by atoms with E-state index in [1.165, 1.54) is 18.4 Å². The van der Waals surface area contributed by atoms with Crippen molar-refractivity contribution in [2.75, 3.05) is 57.8 Å². The number of anilines is 1. The quantitative estimate of drug-likeness (QED) is 0.557. The Labute approximate surface area is 231 Å². The van der Waals surface area contributed by atoms with Crippen molar-refractivity contribution in [2.45, 2.75) is 51.2 Å². The van der Waals surface area contributed by atoms with Gasteiger partial charge in [0.15, 0.2) is 0 Å². The minimum atomic E-state index is 0.425. The molecule has 2 aromatic rings. The van der Waals surface area contributed by atoms with Crippen molar-refractivity contribution in [3.05, 3.63) is 57.7 Å². The van der Waals surface area contributed by atoms with Gasteiger partial charge in [-0.25, -0.2) is 4.98 Å². The maximum absolute atomic E-state index is 7.00. The normalized spacial score (nSPS) is 22.2. The highest BCUT2D eigenvalue weighted by molar-refractivity contribution is 6.33. The molecule has 0 bridgehead atoms. The summed E-state index contributed by atoms with van der Waals surface area (Å²) in [7, 11) is 1.00. The summed E-state index contributed by atoms with van der Waals surface area (Å²) in [5.41, 5.74) is 2.32. The highest BCUT2D eigenvalue weighted by Gasteiger charge is 2.34. The third kappa shape index (κ3) is 6.58. The van der Waals surface area contributed by atoms with Gasteiger partial charge in [-0.05, 0) is 49.9 Å². The monoisotopic (exact) mass is 546 g/mol. The van der Waals surface area contributed by atoms with Crippen LogP contribution in [0.25, 0.3) is 0 Å². The highest BCUT2D eigenvalue weighted by atomic mass is 35.5. The molecule has 1 aromatic carbocycles. The molecule has 1 aromatic heterocycles. The van der Waals surface area contributed by atoms with Crippen molar-refractivity contribution >= 4 is 34.9 Å². The molecule has 1 unspecified atom stereocenters. The second-order valence-corrected chi connectivity index (χ2v) is 10.8. The molecular formula is C28H40Cl2N6O. The molecule has 3 aliphatic rings. The second kappa shape index (κ2) is 13.3. The molecule has 3 aliphatic heterocycles. The number of aliphatic hydroxyl groups is 1. The number of aliphatic hydroxyl groups excluding tert-OH is 1. The van der Waals surface area contributed by atoms with Gasteiger partial charge in [0.25, 0.3) is 0 Å². The van der Waals surface area contributed by atoms with E-state index in [4.69, 9.17) is 33.3 Å². The average molecular weight is 548 g/mol. The van der Waals surface area contributed by atoms with Crippen LogP contribution in [0.3, 0.4) is 0 Å². The predicted octanol–water partition coefficient (Wildman–Crippen LogP) is 4.47. The first-order valence-corrected chi connectivity index (χ1v) is 14.2. The zero-order valence-corrected chi connectivity index (χ0v) is 23.7. The van der Waals surface area contributed by atoms with Crippen LogP contribution in [-0.4, -0.2) is 90.7 Å². The number of nitrogens with zero attached hydrogens (tertiary/aromatic N) is 5. The maximum atomic E-state index is 7.00. The Hall–Kier alpha value is -1.90. The SMILES string of the molecule is CC[C@H]1CN(c2ncc(C3=NCCN3)cc2Cl)CCN1C1CCN(C(C)c2ccc(Cl)cc2)CC1.CO. The Bertz CT molecular complexity index is 1040. The van der Waals surface area contributed by atoms with Crippen LogP contribution < -0.4 is 10.2 Å². The molecule has 0 saturated carbocycles. The molecular weight excluding hydrogens is 507 g/mol. The molecule has 7 nitrogen and oxygen atoms in total. The van der Waals surface area contributed by atoms with Crippen LogP contribution in [-0.2, 0) is 0 Å². The van der Waals surface area contributed by atoms with Crippen molar-refractivity contribution in [3.8, 4) is 0 Å². The van der Waals surface area contributed by atoms with E-state index in [1.807, 2.05) is 24.4 Å². The minimum Gasteiger partial charge on any atom is -0.400 e. The summed E-state index contributed by atoms with van der Waals surface area (Å²) >= 11 is 12.8. The maximum Gasteiger partial charge on any atom is 0.147 e. The fourth-order valence-electron chi connectivity index (χ4n) is 5.85. The van der Waals surface area contributed by atoms with Gasteiger partial charge in [-0.15, -0.1) is 0 Å². The molecule has 202 valence electrons. The van der Waals surface area contributed by atoms with Gasteiger partial charge in [0.2, 0.25) is 0 Å². The first kappa shape index (κ1) is 28.1. The van der Waals surface area contributed by atoms with E-state index in [0.29, 0.717) is 23.1 Å². The highest BCUT2D eigenvalue weighted by Crippen LogP contribution is 2.31. The number of rotatable bonds is 6. The third-order valence-corrected chi connectivity index (χ3v) is 8.47. The molecule has 2 N–H and O–H groups in total. The largest absolute Gasteiger partial charge is 0.400 e. The number of hydrogen-bond donors (Lipinski definition) is 2. The van der Waals surface area contributed by atoms with Gasteiger partial charge in [0.05, 0.1) is 11.6 Å². The Morgan fingerprint density at radius 1 is 1.08 bits per heavy atom. The number of nitrogens with one attached hydrogen (secondary N) is 1. The number of amidine groups is 1. The number of halogens is 2. The molecule has 0 amide bonds. The standard InChI is InChI=1S/C27H36Cl2N6.CH4O/c1-3-23-18-34(27-25(29)16-21(17-32-27)26-30-10-11-31-26)14-15-35(23)24-8-12-33(13-9-24)19(2)20-4-6-22(28)7-5-20;1-2/h4-7,16-17,19,23-24H,3,8-15,18H2,1-2H3,(H,30,31);2H,1H3/t19?,23-;/m0./s1. The van der Waals surface area contributed by atoms with Crippen LogP contribution in [0.4, 0.5) is 5.82 Å². The number of benzene rings is 1. The number of aromatic nitrogens is 1. The zero-order valence-electron chi connectivity index (χ0n) is 22.2. The van der Waals surface area contributed by atoms with Gasteiger partial charge < -0.3 is 15.3 Å². The number of piperidine rings is 1. The first-order valence-electron chi connectivity index (χ1n) is 13.4. The van der Waals surface area contributed by atoms with Gasteiger partial charge in [-0.3, -0.25) is 14.8 Å². The van der Waals surface area contributed by atoms with Gasteiger partial charge in [0.1, 0.15) is 11.7 Å². The number of pyridine rings is 1. The van der Waals surface area contributed by atoms with E-state index >= 15 is 0 Å². The van der Waals surface area contributed by atoms with Crippen LogP contribution in [0, 0.1) is 0 Å². The van der Waals surface area contributed by atoms with E-state index in [-0.39, 0.29) is 0 Å². The lowest BCUT2D eigenvalue weighted by atomic mass is 9.96. The molecule has 2 saturated heterocycles. The van der Waals surface area contributed by atoms with Crippen LogP contribution in [0.15, 0.2) is 41.5 Å². The lowest BCUT2D eigenvalue weighted by Gasteiger charge is -2.48. The van der Waals surface area contributed by atoms with Crippen LogP contribution >= 0.6 is 23.2 Å². The Morgan fingerprint density at radius 3 is 2.43 bits per heavy atom. The fraction of sp³-hybridized carbons (Fsp3) is 0.571. The fourth-order valence-corrected chi connectivity index (χ4v) is 6.26. The Balaban J connectivity index is 0.00000156.